The quantitative estimate of drug-likeness (QED) is 0.671. The normalized spacial score (nSPS) is 29.2. The number of fused-ring (bicyclic) bond motifs is 1. The maximum atomic E-state index is 11.9. The molecule has 0 aromatic heterocycles. The molecule has 0 aromatic rings. The summed E-state index contributed by atoms with van der Waals surface area (Å²) in [5, 5.41) is 8.49. The van der Waals surface area contributed by atoms with Crippen molar-refractivity contribution in [1.82, 2.24) is 20.9 Å². The molecule has 0 bridgehead atoms. The Morgan fingerprint density at radius 1 is 1.30 bits per heavy atom. The summed E-state index contributed by atoms with van der Waals surface area (Å²) >= 11 is 0. The van der Waals surface area contributed by atoms with Crippen molar-refractivity contribution in [2.75, 3.05) is 32.7 Å². The second-order valence-corrected chi connectivity index (χ2v) is 5.79. The second-order valence-electron chi connectivity index (χ2n) is 5.79. The number of carbonyl (C=O) groups is 2. The third-order valence-corrected chi connectivity index (χ3v) is 4.38. The highest BCUT2D eigenvalue weighted by molar-refractivity contribution is 5.95. The number of hydrogen-bond acceptors (Lipinski definition) is 4. The number of carbonyl (C=O) groups excluding carboxylic acids is 2. The van der Waals surface area contributed by atoms with Crippen LogP contribution in [-0.4, -0.2) is 55.6 Å². The number of nitrogens with one attached hydrogen (secondary N) is 3. The smallest absolute Gasteiger partial charge is 0.321 e. The van der Waals surface area contributed by atoms with Gasteiger partial charge in [-0.25, -0.2) is 4.79 Å². The van der Waals surface area contributed by atoms with Crippen molar-refractivity contribution >= 4 is 11.9 Å². The van der Waals surface area contributed by atoms with Crippen molar-refractivity contribution in [2.45, 2.75) is 32.7 Å². The van der Waals surface area contributed by atoms with E-state index in [0.29, 0.717) is 31.0 Å². The lowest BCUT2D eigenvalue weighted by molar-refractivity contribution is -0.121. The number of amides is 3. The van der Waals surface area contributed by atoms with Crippen LogP contribution in [0.15, 0.2) is 0 Å². The first-order valence-electron chi connectivity index (χ1n) is 7.68. The number of likely N-dealkylation sites (tertiary alicyclic amines) is 1. The molecule has 0 saturated carbocycles. The van der Waals surface area contributed by atoms with Crippen molar-refractivity contribution in [3.05, 3.63) is 0 Å². The van der Waals surface area contributed by atoms with Gasteiger partial charge in [0.1, 0.15) is 0 Å². The van der Waals surface area contributed by atoms with E-state index in [1.165, 1.54) is 0 Å². The van der Waals surface area contributed by atoms with E-state index in [9.17, 15) is 9.59 Å². The van der Waals surface area contributed by atoms with Gasteiger partial charge in [-0.3, -0.25) is 15.0 Å². The molecule has 2 aliphatic heterocycles. The minimum Gasteiger partial charge on any atom is -0.338 e. The zero-order valence-electron chi connectivity index (χ0n) is 12.4. The Bertz CT molecular complexity index is 361. The van der Waals surface area contributed by atoms with Crippen LogP contribution in [0.5, 0.6) is 0 Å². The first-order chi connectivity index (χ1) is 9.65. The van der Waals surface area contributed by atoms with Crippen molar-refractivity contribution < 1.29 is 9.59 Å². The molecule has 3 atom stereocenters. The summed E-state index contributed by atoms with van der Waals surface area (Å²) in [7, 11) is 0. The van der Waals surface area contributed by atoms with Gasteiger partial charge in [-0.15, -0.1) is 0 Å². The van der Waals surface area contributed by atoms with Crippen molar-refractivity contribution in [1.29, 1.82) is 0 Å². The Kier molecular flexibility index (Phi) is 5.37. The van der Waals surface area contributed by atoms with Crippen LogP contribution in [0.1, 0.15) is 26.7 Å². The van der Waals surface area contributed by atoms with Crippen molar-refractivity contribution in [3.63, 3.8) is 0 Å². The molecule has 0 radical (unpaired) electrons. The summed E-state index contributed by atoms with van der Waals surface area (Å²) in [6.07, 6.45) is 1.92. The Labute approximate surface area is 120 Å². The van der Waals surface area contributed by atoms with Crippen LogP contribution in [0.2, 0.25) is 0 Å². The predicted molar refractivity (Wildman–Crippen MR) is 77.3 cm³/mol. The van der Waals surface area contributed by atoms with Gasteiger partial charge in [0.2, 0.25) is 5.91 Å². The van der Waals surface area contributed by atoms with E-state index in [4.69, 9.17) is 0 Å². The van der Waals surface area contributed by atoms with Gasteiger partial charge >= 0.3 is 6.03 Å². The third kappa shape index (κ3) is 3.49. The molecule has 0 aliphatic carbocycles. The number of urea groups is 1. The van der Waals surface area contributed by atoms with Crippen LogP contribution in [0.25, 0.3) is 0 Å². The van der Waals surface area contributed by atoms with Crippen LogP contribution >= 0.6 is 0 Å². The van der Waals surface area contributed by atoms with Crippen LogP contribution < -0.4 is 16.0 Å². The van der Waals surface area contributed by atoms with Crippen molar-refractivity contribution in [2.24, 2.45) is 11.8 Å². The zero-order chi connectivity index (χ0) is 14.5. The second kappa shape index (κ2) is 7.04. The maximum absolute atomic E-state index is 11.9. The van der Waals surface area contributed by atoms with Gasteiger partial charge in [0.05, 0.1) is 6.54 Å². The van der Waals surface area contributed by atoms with Crippen LogP contribution in [0.3, 0.4) is 0 Å². The Morgan fingerprint density at radius 2 is 2.10 bits per heavy atom. The predicted octanol–water partition coefficient (Wildman–Crippen LogP) is 0.152. The van der Waals surface area contributed by atoms with E-state index in [1.54, 1.807) is 0 Å². The van der Waals surface area contributed by atoms with E-state index in [1.807, 2.05) is 6.92 Å². The standard InChI is InChI=1S/C14H26N4O2/c1-3-5-16-14(20)17-13(19)9-18-8-10-6-15-7-11(10)12(18)4-2/h10-12,15H,3-9H2,1-2H3,(H2,16,17,19,20). The maximum Gasteiger partial charge on any atom is 0.321 e. The Balaban J connectivity index is 1.80. The number of imide groups is 1. The molecule has 3 amide bonds. The summed E-state index contributed by atoms with van der Waals surface area (Å²) in [4.78, 5) is 25.6. The highest BCUT2D eigenvalue weighted by Crippen LogP contribution is 2.33. The minimum atomic E-state index is -0.383. The van der Waals surface area contributed by atoms with E-state index >= 15 is 0 Å². The molecule has 6 nitrogen and oxygen atoms in total. The lowest BCUT2D eigenvalue weighted by Crippen LogP contribution is -2.46. The summed E-state index contributed by atoms with van der Waals surface area (Å²) in [6, 6.07) is 0.0745. The molecule has 114 valence electrons. The van der Waals surface area contributed by atoms with E-state index < -0.39 is 0 Å². The first-order valence-corrected chi connectivity index (χ1v) is 7.68. The molecule has 2 saturated heterocycles. The molecule has 0 spiro atoms. The molecule has 0 aromatic carbocycles. The average Bonchev–Trinajstić information content (AvgIpc) is 2.96. The molecule has 2 heterocycles. The third-order valence-electron chi connectivity index (χ3n) is 4.38. The molecule has 20 heavy (non-hydrogen) atoms. The fourth-order valence-electron chi connectivity index (χ4n) is 3.49. The average molecular weight is 282 g/mol. The summed E-state index contributed by atoms with van der Waals surface area (Å²) in [5.74, 6) is 1.10. The van der Waals surface area contributed by atoms with Crippen molar-refractivity contribution in [3.8, 4) is 0 Å². The molecule has 3 unspecified atom stereocenters. The largest absolute Gasteiger partial charge is 0.338 e. The van der Waals surface area contributed by atoms with Gasteiger partial charge in [0.25, 0.3) is 0 Å². The first kappa shape index (κ1) is 15.3. The van der Waals surface area contributed by atoms with E-state index in [0.717, 1.165) is 32.5 Å². The number of rotatable bonds is 5. The van der Waals surface area contributed by atoms with E-state index in [2.05, 4.69) is 27.8 Å². The SMILES string of the molecule is CCCNC(=O)NC(=O)CN1CC2CNCC2C1CC. The number of hydrogen-bond donors (Lipinski definition) is 3. The van der Waals surface area contributed by atoms with Gasteiger partial charge in [-0.2, -0.15) is 0 Å². The van der Waals surface area contributed by atoms with E-state index in [-0.39, 0.29) is 11.9 Å². The van der Waals surface area contributed by atoms with Crippen LogP contribution in [0.4, 0.5) is 4.79 Å². The minimum absolute atomic E-state index is 0.204. The molecular formula is C14H26N4O2. The van der Waals surface area contributed by atoms with Gasteiger partial charge in [-0.1, -0.05) is 13.8 Å². The highest BCUT2D eigenvalue weighted by atomic mass is 16.2. The molecule has 3 N–H and O–H groups in total. The monoisotopic (exact) mass is 282 g/mol. The highest BCUT2D eigenvalue weighted by Gasteiger charge is 2.43. The number of nitrogens with zero attached hydrogens (tertiary/aromatic N) is 1. The Hall–Kier alpha value is -1.14. The van der Waals surface area contributed by atoms with Crippen LogP contribution in [-0.2, 0) is 4.79 Å². The Morgan fingerprint density at radius 3 is 2.80 bits per heavy atom. The summed E-state index contributed by atoms with van der Waals surface area (Å²) < 4.78 is 0. The lowest BCUT2D eigenvalue weighted by Gasteiger charge is -2.25. The van der Waals surface area contributed by atoms with Gasteiger partial charge < -0.3 is 10.6 Å². The van der Waals surface area contributed by atoms with Gasteiger partial charge in [0.15, 0.2) is 0 Å². The molecule has 2 aliphatic rings. The molecule has 2 rings (SSSR count). The molecule has 2 fully saturated rings. The van der Waals surface area contributed by atoms with Gasteiger partial charge in [0, 0.05) is 19.1 Å². The van der Waals surface area contributed by atoms with Crippen LogP contribution in [0, 0.1) is 11.8 Å². The fourth-order valence-corrected chi connectivity index (χ4v) is 3.49. The fraction of sp³-hybridized carbons (Fsp3) is 0.857. The summed E-state index contributed by atoms with van der Waals surface area (Å²) in [5.41, 5.74) is 0. The summed E-state index contributed by atoms with van der Waals surface area (Å²) in [6.45, 7) is 8.13. The lowest BCUT2D eigenvalue weighted by atomic mass is 9.93. The molecule has 6 heteroatoms. The van der Waals surface area contributed by atoms with Gasteiger partial charge in [-0.05, 0) is 37.8 Å². The zero-order valence-corrected chi connectivity index (χ0v) is 12.4. The molecular weight excluding hydrogens is 256 g/mol. The topological polar surface area (TPSA) is 73.5 Å².